The zero-order valence-corrected chi connectivity index (χ0v) is 16.1. The third-order valence-corrected chi connectivity index (χ3v) is 6.61. The minimum Gasteiger partial charge on any atom is -0.334 e. The molecule has 1 aromatic rings. The van der Waals surface area contributed by atoms with E-state index in [0.29, 0.717) is 28.2 Å². The van der Waals surface area contributed by atoms with Crippen molar-refractivity contribution >= 4 is 35.0 Å². The van der Waals surface area contributed by atoms with Crippen LogP contribution in [0, 0.1) is 0 Å². The number of nitrogens with zero attached hydrogens (tertiary/aromatic N) is 2. The SMILES string of the molecule is O=C(c1ccc(Cl)c(Cl)c1)N1CCCC1C(=O)N1C2CCNCC1CC2. The molecule has 140 valence electrons. The van der Waals surface area contributed by atoms with Gasteiger partial charge >= 0.3 is 0 Å². The zero-order valence-electron chi connectivity index (χ0n) is 14.6. The Bertz CT molecular complexity index is 713. The number of fused-ring (bicyclic) bond motifs is 2. The van der Waals surface area contributed by atoms with Crippen LogP contribution in [-0.4, -0.2) is 59.4 Å². The van der Waals surface area contributed by atoms with E-state index in [0.717, 1.165) is 45.2 Å². The average molecular weight is 396 g/mol. The highest BCUT2D eigenvalue weighted by Crippen LogP contribution is 2.32. The van der Waals surface area contributed by atoms with E-state index in [1.807, 2.05) is 0 Å². The van der Waals surface area contributed by atoms with Crippen molar-refractivity contribution < 1.29 is 9.59 Å². The monoisotopic (exact) mass is 395 g/mol. The van der Waals surface area contributed by atoms with E-state index in [2.05, 4.69) is 10.2 Å². The van der Waals surface area contributed by atoms with Gasteiger partial charge in [-0.2, -0.15) is 0 Å². The van der Waals surface area contributed by atoms with Gasteiger partial charge in [0.25, 0.3) is 5.91 Å². The third kappa shape index (κ3) is 3.21. The van der Waals surface area contributed by atoms with Crippen molar-refractivity contribution in [2.24, 2.45) is 0 Å². The van der Waals surface area contributed by atoms with Crippen LogP contribution < -0.4 is 5.32 Å². The highest BCUT2D eigenvalue weighted by molar-refractivity contribution is 6.42. The van der Waals surface area contributed by atoms with E-state index in [9.17, 15) is 9.59 Å². The van der Waals surface area contributed by atoms with Gasteiger partial charge in [-0.1, -0.05) is 23.2 Å². The second-order valence-corrected chi connectivity index (χ2v) is 8.22. The molecule has 3 saturated heterocycles. The third-order valence-electron chi connectivity index (χ3n) is 5.87. The maximum Gasteiger partial charge on any atom is 0.254 e. The van der Waals surface area contributed by atoms with E-state index in [-0.39, 0.29) is 23.9 Å². The Labute approximate surface area is 163 Å². The lowest BCUT2D eigenvalue weighted by atomic mass is 10.1. The summed E-state index contributed by atoms with van der Waals surface area (Å²) in [4.78, 5) is 30.1. The quantitative estimate of drug-likeness (QED) is 0.837. The minimum atomic E-state index is -0.363. The predicted octanol–water partition coefficient (Wildman–Crippen LogP) is 2.95. The molecule has 3 heterocycles. The van der Waals surface area contributed by atoms with E-state index >= 15 is 0 Å². The van der Waals surface area contributed by atoms with Gasteiger partial charge in [-0.25, -0.2) is 0 Å². The molecule has 3 aliphatic rings. The molecule has 3 unspecified atom stereocenters. The molecule has 0 radical (unpaired) electrons. The molecule has 4 rings (SSSR count). The van der Waals surface area contributed by atoms with E-state index < -0.39 is 0 Å². The number of amides is 2. The van der Waals surface area contributed by atoms with Gasteiger partial charge in [-0.05, 0) is 56.8 Å². The van der Waals surface area contributed by atoms with Crippen molar-refractivity contribution in [3.63, 3.8) is 0 Å². The number of likely N-dealkylation sites (tertiary alicyclic amines) is 1. The van der Waals surface area contributed by atoms with E-state index in [1.165, 1.54) is 0 Å². The van der Waals surface area contributed by atoms with Crippen molar-refractivity contribution in [1.82, 2.24) is 15.1 Å². The Balaban J connectivity index is 1.55. The molecule has 7 heteroatoms. The summed E-state index contributed by atoms with van der Waals surface area (Å²) < 4.78 is 0. The fraction of sp³-hybridized carbons (Fsp3) is 0.579. The first-order valence-electron chi connectivity index (χ1n) is 9.35. The summed E-state index contributed by atoms with van der Waals surface area (Å²) in [5.74, 6) is -0.0215. The van der Waals surface area contributed by atoms with E-state index in [1.54, 1.807) is 23.1 Å². The van der Waals surface area contributed by atoms with Crippen LogP contribution in [0.5, 0.6) is 0 Å². The second kappa shape index (κ2) is 7.37. The van der Waals surface area contributed by atoms with Gasteiger partial charge in [0.1, 0.15) is 6.04 Å². The molecule has 0 aliphatic carbocycles. The Morgan fingerprint density at radius 1 is 1.04 bits per heavy atom. The first kappa shape index (κ1) is 18.1. The van der Waals surface area contributed by atoms with Gasteiger partial charge < -0.3 is 15.1 Å². The van der Waals surface area contributed by atoms with Gasteiger partial charge in [-0.3, -0.25) is 9.59 Å². The largest absolute Gasteiger partial charge is 0.334 e. The Morgan fingerprint density at radius 2 is 1.85 bits per heavy atom. The summed E-state index contributed by atoms with van der Waals surface area (Å²) in [6.45, 7) is 2.42. The molecular formula is C19H23Cl2N3O2. The van der Waals surface area contributed by atoms with Crippen LogP contribution in [-0.2, 0) is 4.79 Å². The maximum absolute atomic E-state index is 13.3. The highest BCUT2D eigenvalue weighted by atomic mass is 35.5. The molecule has 5 nitrogen and oxygen atoms in total. The van der Waals surface area contributed by atoms with Gasteiger partial charge in [0.15, 0.2) is 0 Å². The second-order valence-electron chi connectivity index (χ2n) is 7.41. The molecule has 3 aliphatic heterocycles. The summed E-state index contributed by atoms with van der Waals surface area (Å²) >= 11 is 12.0. The normalized spacial score (nSPS) is 28.3. The lowest BCUT2D eigenvalue weighted by Crippen LogP contribution is -2.52. The Morgan fingerprint density at radius 3 is 2.65 bits per heavy atom. The topological polar surface area (TPSA) is 52.7 Å². The number of carbonyl (C=O) groups excluding carboxylic acids is 2. The lowest BCUT2D eigenvalue weighted by Gasteiger charge is -2.33. The summed E-state index contributed by atoms with van der Waals surface area (Å²) in [6, 6.07) is 5.10. The highest BCUT2D eigenvalue weighted by Gasteiger charge is 2.44. The van der Waals surface area contributed by atoms with Crippen LogP contribution in [0.15, 0.2) is 18.2 Å². The molecule has 2 amide bonds. The van der Waals surface area contributed by atoms with Crippen molar-refractivity contribution in [3.8, 4) is 0 Å². The lowest BCUT2D eigenvalue weighted by molar-refractivity contribution is -0.137. The van der Waals surface area contributed by atoms with Gasteiger partial charge in [0.2, 0.25) is 5.91 Å². The van der Waals surface area contributed by atoms with E-state index in [4.69, 9.17) is 23.2 Å². The summed E-state index contributed by atoms with van der Waals surface area (Å²) in [5, 5.41) is 4.20. The molecule has 3 fully saturated rings. The van der Waals surface area contributed by atoms with Gasteiger partial charge in [-0.15, -0.1) is 0 Å². The van der Waals surface area contributed by atoms with Crippen LogP contribution in [0.1, 0.15) is 42.5 Å². The molecule has 26 heavy (non-hydrogen) atoms. The molecule has 0 saturated carbocycles. The number of hydrogen-bond acceptors (Lipinski definition) is 3. The molecule has 0 aromatic heterocycles. The molecule has 2 bridgehead atoms. The van der Waals surface area contributed by atoms with Crippen LogP contribution in [0.3, 0.4) is 0 Å². The van der Waals surface area contributed by atoms with Crippen molar-refractivity contribution in [2.75, 3.05) is 19.6 Å². The van der Waals surface area contributed by atoms with Crippen LogP contribution in [0.4, 0.5) is 0 Å². The zero-order chi connectivity index (χ0) is 18.3. The summed E-state index contributed by atoms with van der Waals surface area (Å²) in [7, 11) is 0. The smallest absolute Gasteiger partial charge is 0.254 e. The molecule has 3 atom stereocenters. The number of hydrogen-bond donors (Lipinski definition) is 1. The first-order chi connectivity index (χ1) is 12.6. The standard InChI is InChI=1S/C19H23Cl2N3O2/c20-15-6-3-12(10-16(15)21)18(25)23-9-1-2-17(23)19(26)24-13-4-5-14(24)11-22-8-7-13/h3,6,10,13-14,17,22H,1-2,4-5,7-9,11H2. The van der Waals surface area contributed by atoms with Crippen molar-refractivity contribution in [3.05, 3.63) is 33.8 Å². The van der Waals surface area contributed by atoms with Crippen LogP contribution in [0.25, 0.3) is 0 Å². The van der Waals surface area contributed by atoms with Crippen LogP contribution in [0.2, 0.25) is 10.0 Å². The first-order valence-corrected chi connectivity index (χ1v) is 10.1. The number of nitrogens with one attached hydrogen (secondary N) is 1. The molecule has 0 spiro atoms. The van der Waals surface area contributed by atoms with Gasteiger partial charge in [0.05, 0.1) is 10.0 Å². The fourth-order valence-electron chi connectivity index (χ4n) is 4.58. The molecule has 1 N–H and O–H groups in total. The maximum atomic E-state index is 13.3. The summed E-state index contributed by atoms with van der Waals surface area (Å²) in [5.41, 5.74) is 0.486. The molecule has 1 aromatic carbocycles. The number of benzene rings is 1. The minimum absolute atomic E-state index is 0.118. The number of carbonyl (C=O) groups is 2. The number of rotatable bonds is 2. The molecular weight excluding hydrogens is 373 g/mol. The number of halogens is 2. The predicted molar refractivity (Wildman–Crippen MR) is 102 cm³/mol. The van der Waals surface area contributed by atoms with Crippen molar-refractivity contribution in [1.29, 1.82) is 0 Å². The van der Waals surface area contributed by atoms with Gasteiger partial charge in [0, 0.05) is 30.7 Å². The summed E-state index contributed by atoms with van der Waals surface area (Å²) in [6.07, 6.45) is 4.71. The Kier molecular flexibility index (Phi) is 5.13. The van der Waals surface area contributed by atoms with Crippen molar-refractivity contribution in [2.45, 2.75) is 50.2 Å². The van der Waals surface area contributed by atoms with Crippen LogP contribution >= 0.6 is 23.2 Å². The average Bonchev–Trinajstić information content (AvgIpc) is 3.20. The Hall–Kier alpha value is -1.30. The fourth-order valence-corrected chi connectivity index (χ4v) is 4.87.